The maximum absolute atomic E-state index is 13.2. The average Bonchev–Trinajstić information content (AvgIpc) is 2.77. The van der Waals surface area contributed by atoms with E-state index >= 15 is 0 Å². The maximum atomic E-state index is 13.2. The average molecular weight is 446 g/mol. The van der Waals surface area contributed by atoms with Gasteiger partial charge in [0.15, 0.2) is 0 Å². The van der Waals surface area contributed by atoms with Gasteiger partial charge in [0, 0.05) is 32.7 Å². The molecule has 9 heteroatoms. The van der Waals surface area contributed by atoms with Crippen LogP contribution in [0.3, 0.4) is 0 Å². The molecule has 6 nitrogen and oxygen atoms in total. The summed E-state index contributed by atoms with van der Waals surface area (Å²) in [5, 5.41) is 2.45. The Balaban J connectivity index is 1.43. The largest absolute Gasteiger partial charge is 0.416 e. The second-order valence-electron chi connectivity index (χ2n) is 8.18. The summed E-state index contributed by atoms with van der Waals surface area (Å²) in [5.74, 6) is -0.803. The van der Waals surface area contributed by atoms with Gasteiger partial charge in [0.05, 0.1) is 23.0 Å². The number of benzene rings is 2. The Kier molecular flexibility index (Phi) is 6.21. The molecule has 0 spiro atoms. The number of hydrogen-bond donors (Lipinski definition) is 1. The fourth-order valence-electron chi connectivity index (χ4n) is 4.20. The number of nitrogens with zero attached hydrogens (tertiary/aromatic N) is 3. The monoisotopic (exact) mass is 446 g/mol. The van der Waals surface area contributed by atoms with Crippen LogP contribution in [0, 0.1) is 0 Å². The lowest BCUT2D eigenvalue weighted by Crippen LogP contribution is -2.56. The molecule has 2 aliphatic rings. The van der Waals surface area contributed by atoms with Gasteiger partial charge in [-0.2, -0.15) is 13.2 Å². The van der Waals surface area contributed by atoms with Gasteiger partial charge in [0.2, 0.25) is 11.8 Å². The predicted octanol–water partition coefficient (Wildman–Crippen LogP) is 3.20. The number of anilines is 2. The van der Waals surface area contributed by atoms with E-state index in [0.717, 1.165) is 31.8 Å². The molecule has 0 aliphatic carbocycles. The number of piperazine rings is 1. The Morgan fingerprint density at radius 1 is 1.06 bits per heavy atom. The first-order valence-corrected chi connectivity index (χ1v) is 10.5. The first kappa shape index (κ1) is 22.3. The molecular weight excluding hydrogens is 421 g/mol. The van der Waals surface area contributed by atoms with Gasteiger partial charge in [-0.15, -0.1) is 0 Å². The summed E-state index contributed by atoms with van der Waals surface area (Å²) < 4.78 is 39.1. The second-order valence-corrected chi connectivity index (χ2v) is 8.18. The van der Waals surface area contributed by atoms with E-state index < -0.39 is 23.7 Å². The Morgan fingerprint density at radius 3 is 2.41 bits per heavy atom. The summed E-state index contributed by atoms with van der Waals surface area (Å²) >= 11 is 0. The smallest absolute Gasteiger partial charge is 0.323 e. The van der Waals surface area contributed by atoms with Crippen molar-refractivity contribution >= 4 is 23.2 Å². The first-order valence-electron chi connectivity index (χ1n) is 10.5. The normalized spacial score (nSPS) is 18.8. The Bertz CT molecular complexity index is 988. The Hall–Kier alpha value is -2.91. The highest BCUT2D eigenvalue weighted by atomic mass is 19.4. The lowest BCUT2D eigenvalue weighted by atomic mass is 10.1. The van der Waals surface area contributed by atoms with Crippen LogP contribution in [0.4, 0.5) is 24.5 Å². The van der Waals surface area contributed by atoms with E-state index in [-0.39, 0.29) is 23.8 Å². The molecule has 2 aliphatic heterocycles. The molecule has 1 atom stereocenters. The molecule has 1 saturated heterocycles. The van der Waals surface area contributed by atoms with E-state index in [0.29, 0.717) is 13.1 Å². The van der Waals surface area contributed by atoms with E-state index in [9.17, 15) is 22.8 Å². The van der Waals surface area contributed by atoms with Crippen molar-refractivity contribution in [3.63, 3.8) is 0 Å². The molecule has 4 rings (SSSR count). The number of carbonyl (C=O) groups excluding carboxylic acids is 2. The molecule has 2 aromatic rings. The highest BCUT2D eigenvalue weighted by Crippen LogP contribution is 2.37. The van der Waals surface area contributed by atoms with E-state index in [4.69, 9.17) is 0 Å². The van der Waals surface area contributed by atoms with Gasteiger partial charge in [-0.25, -0.2) is 0 Å². The fourth-order valence-corrected chi connectivity index (χ4v) is 4.20. The van der Waals surface area contributed by atoms with Crippen LogP contribution in [0.25, 0.3) is 0 Å². The zero-order chi connectivity index (χ0) is 22.9. The van der Waals surface area contributed by atoms with Crippen LogP contribution in [-0.2, 0) is 22.3 Å². The summed E-state index contributed by atoms with van der Waals surface area (Å²) in [6.07, 6.45) is -4.53. The SMILES string of the molecule is CC(C(=O)N1CC(=O)Nc2cc(C(F)(F)F)ccc21)N1CCN(Cc2ccccc2)CC1. The lowest BCUT2D eigenvalue weighted by molar-refractivity contribution is -0.137. The number of rotatable bonds is 4. The predicted molar refractivity (Wildman–Crippen MR) is 115 cm³/mol. The number of alkyl halides is 3. The standard InChI is InChI=1S/C23H25F3N4O2/c1-16(29-11-9-28(10-12-29)14-17-5-3-2-4-6-17)22(32)30-15-21(31)27-19-13-18(23(24,25)26)7-8-20(19)30/h2-8,13,16H,9-12,14-15H2,1H3,(H,27,31). The van der Waals surface area contributed by atoms with Crippen molar-refractivity contribution in [3.8, 4) is 0 Å². The topological polar surface area (TPSA) is 55.9 Å². The van der Waals surface area contributed by atoms with Crippen molar-refractivity contribution in [3.05, 3.63) is 59.7 Å². The van der Waals surface area contributed by atoms with Gasteiger partial charge in [0.25, 0.3) is 0 Å². The molecule has 1 N–H and O–H groups in total. The quantitative estimate of drug-likeness (QED) is 0.784. The summed E-state index contributed by atoms with van der Waals surface area (Å²) in [7, 11) is 0. The maximum Gasteiger partial charge on any atom is 0.416 e. The van der Waals surface area contributed by atoms with Gasteiger partial charge in [0.1, 0.15) is 6.54 Å². The van der Waals surface area contributed by atoms with Crippen molar-refractivity contribution in [2.24, 2.45) is 0 Å². The number of halogens is 3. The molecule has 0 aromatic heterocycles. The molecule has 1 fully saturated rings. The molecular formula is C23H25F3N4O2. The number of hydrogen-bond acceptors (Lipinski definition) is 4. The summed E-state index contributed by atoms with van der Waals surface area (Å²) in [5.41, 5.74) is 0.661. The highest BCUT2D eigenvalue weighted by molar-refractivity contribution is 6.11. The zero-order valence-corrected chi connectivity index (χ0v) is 17.7. The van der Waals surface area contributed by atoms with Crippen LogP contribution in [0.1, 0.15) is 18.1 Å². The van der Waals surface area contributed by atoms with E-state index in [1.807, 2.05) is 18.2 Å². The molecule has 1 unspecified atom stereocenters. The Morgan fingerprint density at radius 2 is 1.75 bits per heavy atom. The van der Waals surface area contributed by atoms with Gasteiger partial charge < -0.3 is 5.32 Å². The number of fused-ring (bicyclic) bond motifs is 1. The molecule has 32 heavy (non-hydrogen) atoms. The molecule has 0 saturated carbocycles. The molecule has 170 valence electrons. The highest BCUT2D eigenvalue weighted by Gasteiger charge is 2.36. The van der Waals surface area contributed by atoms with E-state index in [1.165, 1.54) is 16.5 Å². The Labute approximate surface area is 184 Å². The van der Waals surface area contributed by atoms with Crippen LogP contribution >= 0.6 is 0 Å². The van der Waals surface area contributed by atoms with Crippen molar-refractivity contribution in [2.75, 3.05) is 42.9 Å². The van der Waals surface area contributed by atoms with Gasteiger partial charge in [-0.1, -0.05) is 30.3 Å². The number of amides is 2. The van der Waals surface area contributed by atoms with Gasteiger partial charge >= 0.3 is 6.18 Å². The summed E-state index contributed by atoms with van der Waals surface area (Å²) in [4.78, 5) is 31.0. The van der Waals surface area contributed by atoms with Crippen LogP contribution < -0.4 is 10.2 Å². The van der Waals surface area contributed by atoms with E-state index in [1.54, 1.807) is 6.92 Å². The third-order valence-corrected chi connectivity index (χ3v) is 6.02. The molecule has 2 aromatic carbocycles. The number of carbonyl (C=O) groups is 2. The molecule has 2 amide bonds. The van der Waals surface area contributed by atoms with Crippen molar-refractivity contribution in [1.29, 1.82) is 0 Å². The zero-order valence-electron chi connectivity index (χ0n) is 17.7. The minimum Gasteiger partial charge on any atom is -0.323 e. The molecule has 0 bridgehead atoms. The minimum atomic E-state index is -4.53. The van der Waals surface area contributed by atoms with Crippen molar-refractivity contribution in [1.82, 2.24) is 9.80 Å². The lowest BCUT2D eigenvalue weighted by Gasteiger charge is -2.39. The molecule has 2 heterocycles. The third-order valence-electron chi connectivity index (χ3n) is 6.02. The van der Waals surface area contributed by atoms with Crippen LogP contribution in [0.2, 0.25) is 0 Å². The third kappa shape index (κ3) is 4.78. The summed E-state index contributed by atoms with van der Waals surface area (Å²) in [6.45, 7) is 5.41. The second kappa shape index (κ2) is 8.91. The number of nitrogens with one attached hydrogen (secondary N) is 1. The van der Waals surface area contributed by atoms with Gasteiger partial charge in [-0.05, 0) is 30.7 Å². The molecule has 0 radical (unpaired) electrons. The summed E-state index contributed by atoms with van der Waals surface area (Å²) in [6, 6.07) is 12.7. The fraction of sp³-hybridized carbons (Fsp3) is 0.391. The van der Waals surface area contributed by atoms with Crippen molar-refractivity contribution in [2.45, 2.75) is 25.7 Å². The van der Waals surface area contributed by atoms with Gasteiger partial charge in [-0.3, -0.25) is 24.3 Å². The van der Waals surface area contributed by atoms with Crippen LogP contribution in [0.5, 0.6) is 0 Å². The first-order chi connectivity index (χ1) is 15.2. The van der Waals surface area contributed by atoms with E-state index in [2.05, 4.69) is 27.2 Å². The van der Waals surface area contributed by atoms with Crippen LogP contribution in [0.15, 0.2) is 48.5 Å². The minimum absolute atomic E-state index is 0.00399. The van der Waals surface area contributed by atoms with Crippen LogP contribution in [-0.4, -0.2) is 60.4 Å². The van der Waals surface area contributed by atoms with Crippen molar-refractivity contribution < 1.29 is 22.8 Å².